The van der Waals surface area contributed by atoms with Crippen LogP contribution < -0.4 is 16.2 Å². The van der Waals surface area contributed by atoms with E-state index < -0.39 is 15.9 Å². The lowest BCUT2D eigenvalue weighted by Crippen LogP contribution is -2.18. The molecule has 0 atom stereocenters. The van der Waals surface area contributed by atoms with Crippen LogP contribution in [0.15, 0.2) is 88.8 Å². The number of benzene rings is 3. The summed E-state index contributed by atoms with van der Waals surface area (Å²) < 4.78 is 25.8. The number of rotatable bonds is 7. The maximum Gasteiger partial charge on any atom is 0.274 e. The predicted octanol–water partition coefficient (Wildman–Crippen LogP) is 3.44. The SMILES string of the molecule is CSc1cc(C(=O)Nc2ccccc2-c2ccccc2S(N)(=O)=O)n(-c2cccc(C(=N)N)c2)n1. The first-order valence-electron chi connectivity index (χ1n) is 10.3. The summed E-state index contributed by atoms with van der Waals surface area (Å²) in [6.07, 6.45) is 1.85. The molecule has 0 aliphatic carbocycles. The number of thioether (sulfide) groups is 1. The van der Waals surface area contributed by atoms with E-state index in [9.17, 15) is 13.2 Å². The molecule has 0 spiro atoms. The van der Waals surface area contributed by atoms with Gasteiger partial charge >= 0.3 is 0 Å². The molecule has 0 unspecified atom stereocenters. The third-order valence-electron chi connectivity index (χ3n) is 5.19. The molecule has 4 aromatic rings. The average molecular weight is 507 g/mol. The maximum atomic E-state index is 13.4. The summed E-state index contributed by atoms with van der Waals surface area (Å²) in [5.74, 6) is -0.552. The average Bonchev–Trinajstić information content (AvgIpc) is 3.29. The largest absolute Gasteiger partial charge is 0.384 e. The molecule has 11 heteroatoms. The molecule has 1 heterocycles. The summed E-state index contributed by atoms with van der Waals surface area (Å²) in [5, 5.41) is 21.1. The van der Waals surface area contributed by atoms with Gasteiger partial charge in [0, 0.05) is 28.4 Å². The van der Waals surface area contributed by atoms with Gasteiger partial charge in [-0.1, -0.05) is 48.5 Å². The Hall–Kier alpha value is -3.93. The molecule has 0 saturated heterocycles. The van der Waals surface area contributed by atoms with Crippen molar-refractivity contribution >= 4 is 39.2 Å². The lowest BCUT2D eigenvalue weighted by atomic mass is 10.0. The molecule has 0 radical (unpaired) electrons. The minimum absolute atomic E-state index is 0.0440. The van der Waals surface area contributed by atoms with Crippen molar-refractivity contribution < 1.29 is 13.2 Å². The maximum absolute atomic E-state index is 13.4. The minimum Gasteiger partial charge on any atom is -0.384 e. The predicted molar refractivity (Wildman–Crippen MR) is 138 cm³/mol. The Morgan fingerprint density at radius 1 is 1.00 bits per heavy atom. The number of para-hydroxylation sites is 1. The smallest absolute Gasteiger partial charge is 0.274 e. The highest BCUT2D eigenvalue weighted by atomic mass is 32.2. The molecular formula is C24H22N6O3S2. The van der Waals surface area contributed by atoms with Crippen LogP contribution in [0, 0.1) is 5.41 Å². The number of nitrogens with zero attached hydrogens (tertiary/aromatic N) is 2. The molecule has 0 aliphatic heterocycles. The number of carbonyl (C=O) groups excluding carboxylic acids is 1. The molecule has 3 aromatic carbocycles. The second-order valence-electron chi connectivity index (χ2n) is 7.49. The Kier molecular flexibility index (Phi) is 6.74. The van der Waals surface area contributed by atoms with Crippen LogP contribution in [0.5, 0.6) is 0 Å². The van der Waals surface area contributed by atoms with Gasteiger partial charge in [-0.15, -0.1) is 11.8 Å². The summed E-state index contributed by atoms with van der Waals surface area (Å²) in [6.45, 7) is 0. The van der Waals surface area contributed by atoms with Crippen LogP contribution in [-0.2, 0) is 10.0 Å². The number of aromatic nitrogens is 2. The standard InChI is InChI=1S/C24H22N6O3S2/c1-34-22-14-20(30(29-22)16-8-6-7-15(13-16)23(25)26)24(31)28-19-11-4-2-9-17(19)18-10-3-5-12-21(18)35(27,32)33/h2-14H,1H3,(H3,25,26)(H,28,31)(H2,27,32,33). The molecule has 6 N–H and O–H groups in total. The number of carbonyl (C=O) groups is 1. The molecule has 9 nitrogen and oxygen atoms in total. The van der Waals surface area contributed by atoms with Crippen LogP contribution in [-0.4, -0.2) is 36.2 Å². The van der Waals surface area contributed by atoms with Crippen molar-refractivity contribution in [1.82, 2.24) is 9.78 Å². The molecule has 1 aromatic heterocycles. The van der Waals surface area contributed by atoms with Gasteiger partial charge in [-0.2, -0.15) is 5.10 Å². The van der Waals surface area contributed by atoms with Crippen molar-refractivity contribution in [3.63, 3.8) is 0 Å². The fourth-order valence-electron chi connectivity index (χ4n) is 3.57. The first-order chi connectivity index (χ1) is 16.7. The van der Waals surface area contributed by atoms with Crippen LogP contribution in [0.3, 0.4) is 0 Å². The number of nitrogens with two attached hydrogens (primary N) is 2. The van der Waals surface area contributed by atoms with E-state index in [-0.39, 0.29) is 16.4 Å². The third kappa shape index (κ3) is 5.11. The highest BCUT2D eigenvalue weighted by molar-refractivity contribution is 7.98. The molecule has 1 amide bonds. The fourth-order valence-corrected chi connectivity index (χ4v) is 4.72. The van der Waals surface area contributed by atoms with Crippen molar-refractivity contribution in [3.05, 3.63) is 90.1 Å². The fraction of sp³-hybridized carbons (Fsp3) is 0.0417. The van der Waals surface area contributed by atoms with E-state index in [4.69, 9.17) is 16.3 Å². The highest BCUT2D eigenvalue weighted by Gasteiger charge is 2.21. The topological polar surface area (TPSA) is 157 Å². The zero-order chi connectivity index (χ0) is 25.2. The summed E-state index contributed by atoms with van der Waals surface area (Å²) in [6, 6.07) is 21.7. The lowest BCUT2D eigenvalue weighted by Gasteiger charge is -2.14. The molecule has 4 rings (SSSR count). The molecule has 0 bridgehead atoms. The molecule has 0 aliphatic rings. The van der Waals surface area contributed by atoms with Crippen molar-refractivity contribution in [2.24, 2.45) is 10.9 Å². The van der Waals surface area contributed by atoms with E-state index in [1.165, 1.54) is 22.5 Å². The van der Waals surface area contributed by atoms with Gasteiger partial charge in [0.1, 0.15) is 16.6 Å². The van der Waals surface area contributed by atoms with E-state index in [1.54, 1.807) is 72.8 Å². The Morgan fingerprint density at radius 3 is 2.37 bits per heavy atom. The van der Waals surface area contributed by atoms with E-state index in [0.29, 0.717) is 33.1 Å². The van der Waals surface area contributed by atoms with E-state index >= 15 is 0 Å². The molecule has 0 saturated carbocycles. The second-order valence-corrected chi connectivity index (χ2v) is 9.84. The Morgan fingerprint density at radius 2 is 1.69 bits per heavy atom. The number of hydrogen-bond acceptors (Lipinski definition) is 6. The van der Waals surface area contributed by atoms with Gasteiger partial charge < -0.3 is 11.1 Å². The van der Waals surface area contributed by atoms with E-state index in [1.807, 2.05) is 6.26 Å². The summed E-state index contributed by atoms with van der Waals surface area (Å²) in [5.41, 5.74) is 8.23. The first-order valence-corrected chi connectivity index (χ1v) is 13.1. The van der Waals surface area contributed by atoms with E-state index in [0.717, 1.165) is 0 Å². The second kappa shape index (κ2) is 9.74. The molecule has 178 valence electrons. The normalized spacial score (nSPS) is 11.3. The van der Waals surface area contributed by atoms with Gasteiger partial charge in [0.2, 0.25) is 10.0 Å². The van der Waals surface area contributed by atoms with Crippen molar-refractivity contribution in [2.45, 2.75) is 9.92 Å². The Bertz CT molecular complexity index is 1550. The zero-order valence-corrected chi connectivity index (χ0v) is 20.2. The lowest BCUT2D eigenvalue weighted by molar-refractivity contribution is 0.101. The summed E-state index contributed by atoms with van der Waals surface area (Å²) >= 11 is 1.38. The van der Waals surface area contributed by atoms with Crippen molar-refractivity contribution in [1.29, 1.82) is 5.41 Å². The number of amides is 1. The van der Waals surface area contributed by atoms with Crippen LogP contribution >= 0.6 is 11.8 Å². The van der Waals surface area contributed by atoms with Gasteiger partial charge in [-0.3, -0.25) is 10.2 Å². The summed E-state index contributed by atoms with van der Waals surface area (Å²) in [4.78, 5) is 13.4. The Balaban J connectivity index is 1.77. The first kappa shape index (κ1) is 24.2. The number of nitrogen functional groups attached to an aromatic ring is 1. The van der Waals surface area contributed by atoms with E-state index in [2.05, 4.69) is 10.4 Å². The number of nitrogens with one attached hydrogen (secondary N) is 2. The van der Waals surface area contributed by atoms with Crippen LogP contribution in [0.2, 0.25) is 0 Å². The number of anilines is 1. The van der Waals surface area contributed by atoms with Gasteiger partial charge in [0.05, 0.1) is 10.6 Å². The molecular weight excluding hydrogens is 484 g/mol. The zero-order valence-electron chi connectivity index (χ0n) is 18.6. The summed E-state index contributed by atoms with van der Waals surface area (Å²) in [7, 11) is -3.99. The number of primary sulfonamides is 1. The third-order valence-corrected chi connectivity index (χ3v) is 6.78. The van der Waals surface area contributed by atoms with Crippen molar-refractivity contribution in [3.8, 4) is 16.8 Å². The van der Waals surface area contributed by atoms with Gasteiger partial charge in [0.15, 0.2) is 0 Å². The highest BCUT2D eigenvalue weighted by Crippen LogP contribution is 2.33. The molecule has 0 fully saturated rings. The van der Waals surface area contributed by atoms with Crippen LogP contribution in [0.25, 0.3) is 16.8 Å². The number of sulfonamides is 1. The number of amidine groups is 1. The number of hydrogen-bond donors (Lipinski definition) is 4. The van der Waals surface area contributed by atoms with Crippen LogP contribution in [0.4, 0.5) is 5.69 Å². The van der Waals surface area contributed by atoms with Gasteiger partial charge in [0.25, 0.3) is 5.91 Å². The van der Waals surface area contributed by atoms with Crippen molar-refractivity contribution in [2.75, 3.05) is 11.6 Å². The monoisotopic (exact) mass is 506 g/mol. The quantitative estimate of drug-likeness (QED) is 0.171. The van der Waals surface area contributed by atoms with Gasteiger partial charge in [-0.05, 0) is 30.5 Å². The minimum atomic E-state index is -3.99. The van der Waals surface area contributed by atoms with Crippen LogP contribution in [0.1, 0.15) is 16.1 Å². The molecule has 35 heavy (non-hydrogen) atoms. The van der Waals surface area contributed by atoms with Gasteiger partial charge in [-0.25, -0.2) is 18.2 Å². The Labute approximate surface area is 206 Å².